The molecule has 0 radical (unpaired) electrons. The molecule has 6 heterocycles. The lowest BCUT2D eigenvalue weighted by atomic mass is 9.89. The number of pyridine rings is 1. The number of anilines is 1. The molecule has 7 rings (SSSR count). The van der Waals surface area contributed by atoms with Crippen molar-refractivity contribution in [1.29, 1.82) is 0 Å². The Hall–Kier alpha value is -4.16. The van der Waals surface area contributed by atoms with Gasteiger partial charge in [0.25, 0.3) is 5.91 Å². The van der Waals surface area contributed by atoms with E-state index < -0.39 is 23.7 Å². The van der Waals surface area contributed by atoms with Gasteiger partial charge in [0.05, 0.1) is 16.8 Å². The Morgan fingerprint density at radius 1 is 1.11 bits per heavy atom. The second kappa shape index (κ2) is 11.6. The average molecular weight is 648 g/mol. The van der Waals surface area contributed by atoms with Crippen molar-refractivity contribution in [1.82, 2.24) is 29.9 Å². The number of imide groups is 1. The van der Waals surface area contributed by atoms with E-state index in [1.807, 2.05) is 23.0 Å². The molecule has 1 aromatic carbocycles. The molecule has 240 valence electrons. The van der Waals surface area contributed by atoms with Gasteiger partial charge < -0.3 is 10.2 Å². The maximum absolute atomic E-state index is 15.2. The summed E-state index contributed by atoms with van der Waals surface area (Å²) in [6.45, 7) is 7.15. The van der Waals surface area contributed by atoms with E-state index in [0.717, 1.165) is 35.3 Å². The molecule has 1 unspecified atom stereocenters. The van der Waals surface area contributed by atoms with Crippen LogP contribution in [0.3, 0.4) is 0 Å². The number of hydrogen-bond acceptors (Lipinski definition) is 7. The van der Waals surface area contributed by atoms with Gasteiger partial charge in [-0.1, -0.05) is 31.5 Å². The highest BCUT2D eigenvalue weighted by molar-refractivity contribution is 6.33. The maximum Gasteiger partial charge on any atom is 0.258 e. The normalized spacial score (nSPS) is 21.3. The summed E-state index contributed by atoms with van der Waals surface area (Å²) < 4.78 is 17.2. The molecule has 4 aliphatic heterocycles. The summed E-state index contributed by atoms with van der Waals surface area (Å²) in [6.07, 6.45) is 5.90. The Balaban J connectivity index is 0.962. The van der Waals surface area contributed by atoms with Gasteiger partial charge in [0.2, 0.25) is 17.7 Å². The number of amides is 4. The van der Waals surface area contributed by atoms with Crippen molar-refractivity contribution in [2.75, 3.05) is 18.4 Å². The fraction of sp³-hybridized carbons (Fsp3) is 0.455. The van der Waals surface area contributed by atoms with Crippen LogP contribution in [0.5, 0.6) is 0 Å². The SMILES string of the molecule is CC1(C)Cc2c(-c3cc(NC(=O)C4CCN(Cc5cc(F)c6c(c5)CN(C5CCC(=O)NC5=O)C6=O)CC4)ncc3Cl)cnn2C1. The van der Waals surface area contributed by atoms with Crippen LogP contribution >= 0.6 is 11.6 Å². The van der Waals surface area contributed by atoms with E-state index in [1.165, 1.54) is 11.0 Å². The first-order valence-corrected chi connectivity index (χ1v) is 16.0. The van der Waals surface area contributed by atoms with E-state index in [4.69, 9.17) is 11.6 Å². The lowest BCUT2D eigenvalue weighted by Crippen LogP contribution is -2.52. The van der Waals surface area contributed by atoms with Crippen LogP contribution in [-0.4, -0.2) is 67.3 Å². The summed E-state index contributed by atoms with van der Waals surface area (Å²) in [7, 11) is 0. The minimum atomic E-state index is -0.792. The second-order valence-corrected chi connectivity index (χ2v) is 14.0. The number of piperidine rings is 2. The zero-order valence-corrected chi connectivity index (χ0v) is 26.5. The number of fused-ring (bicyclic) bond motifs is 2. The molecule has 4 aliphatic rings. The zero-order valence-electron chi connectivity index (χ0n) is 25.7. The molecule has 46 heavy (non-hydrogen) atoms. The molecular weight excluding hydrogens is 613 g/mol. The lowest BCUT2D eigenvalue weighted by molar-refractivity contribution is -0.137. The summed E-state index contributed by atoms with van der Waals surface area (Å²) in [5, 5.41) is 10.3. The van der Waals surface area contributed by atoms with Gasteiger partial charge in [-0.25, -0.2) is 9.37 Å². The highest BCUT2D eigenvalue weighted by atomic mass is 35.5. The fourth-order valence-corrected chi connectivity index (χ4v) is 7.44. The Bertz CT molecular complexity index is 1780. The quantitative estimate of drug-likeness (QED) is 0.388. The van der Waals surface area contributed by atoms with E-state index in [2.05, 4.69) is 39.5 Å². The molecule has 11 nitrogen and oxygen atoms in total. The van der Waals surface area contributed by atoms with Crippen molar-refractivity contribution in [3.05, 3.63) is 63.8 Å². The standard InChI is InChI=1S/C33H35ClFN7O4/c1-33(2)12-26-22(13-37-42(26)17-33)21-11-27(36-14-23(21)34)38-30(44)19-5-7-40(8-6-19)15-18-9-20-16-41(32(46)29(20)24(35)10-18)25-3-4-28(43)39-31(25)45/h9-11,13-14,19,25H,3-8,12,15-17H2,1-2H3,(H,36,38,44)(H,39,43,45). The van der Waals surface area contributed by atoms with Crippen LogP contribution < -0.4 is 10.6 Å². The van der Waals surface area contributed by atoms with Crippen molar-refractivity contribution in [3.8, 4) is 11.1 Å². The van der Waals surface area contributed by atoms with Crippen LogP contribution in [-0.2, 0) is 40.4 Å². The molecular formula is C33H35ClFN7O4. The number of carbonyl (C=O) groups is 4. The van der Waals surface area contributed by atoms with Crippen LogP contribution in [0.15, 0.2) is 30.6 Å². The van der Waals surface area contributed by atoms with Crippen molar-refractivity contribution in [2.24, 2.45) is 11.3 Å². The first kappa shape index (κ1) is 30.5. The van der Waals surface area contributed by atoms with Crippen molar-refractivity contribution in [3.63, 3.8) is 0 Å². The van der Waals surface area contributed by atoms with Crippen LogP contribution in [0, 0.1) is 17.2 Å². The summed E-state index contributed by atoms with van der Waals surface area (Å²) in [6, 6.07) is 4.22. The number of likely N-dealkylation sites (tertiary alicyclic amines) is 1. The van der Waals surface area contributed by atoms with E-state index >= 15 is 4.39 Å². The predicted octanol–water partition coefficient (Wildman–Crippen LogP) is 3.93. The Morgan fingerprint density at radius 2 is 1.89 bits per heavy atom. The predicted molar refractivity (Wildman–Crippen MR) is 167 cm³/mol. The molecule has 0 saturated carbocycles. The monoisotopic (exact) mass is 647 g/mol. The Morgan fingerprint density at radius 3 is 2.65 bits per heavy atom. The van der Waals surface area contributed by atoms with Gasteiger partial charge >= 0.3 is 0 Å². The van der Waals surface area contributed by atoms with E-state index in [1.54, 1.807) is 6.20 Å². The summed E-state index contributed by atoms with van der Waals surface area (Å²) in [4.78, 5) is 58.0. The lowest BCUT2D eigenvalue weighted by Gasteiger charge is -2.31. The van der Waals surface area contributed by atoms with Gasteiger partial charge in [-0.2, -0.15) is 5.10 Å². The molecule has 1 atom stereocenters. The van der Waals surface area contributed by atoms with Gasteiger partial charge in [-0.05, 0) is 67.4 Å². The van der Waals surface area contributed by atoms with Gasteiger partial charge in [0.1, 0.15) is 17.7 Å². The minimum Gasteiger partial charge on any atom is -0.322 e. The number of nitrogens with one attached hydrogen (secondary N) is 2. The second-order valence-electron chi connectivity index (χ2n) is 13.6. The molecule has 3 aromatic rings. The van der Waals surface area contributed by atoms with Gasteiger partial charge in [-0.15, -0.1) is 0 Å². The van der Waals surface area contributed by atoms with Crippen LogP contribution in [0.1, 0.15) is 66.7 Å². The summed E-state index contributed by atoms with van der Waals surface area (Å²) in [5.74, 6) is -1.88. The third kappa shape index (κ3) is 5.68. The average Bonchev–Trinajstić information content (AvgIpc) is 3.63. The third-order valence-corrected chi connectivity index (χ3v) is 9.87. The van der Waals surface area contributed by atoms with Crippen LogP contribution in [0.25, 0.3) is 11.1 Å². The number of benzene rings is 1. The van der Waals surface area contributed by atoms with E-state index in [-0.39, 0.29) is 48.1 Å². The number of carbonyl (C=O) groups excluding carboxylic acids is 4. The van der Waals surface area contributed by atoms with Crippen molar-refractivity contribution in [2.45, 2.75) is 71.6 Å². The molecule has 0 aliphatic carbocycles. The van der Waals surface area contributed by atoms with Crippen molar-refractivity contribution < 1.29 is 23.6 Å². The highest BCUT2D eigenvalue weighted by Crippen LogP contribution is 2.39. The largest absolute Gasteiger partial charge is 0.322 e. The molecule has 13 heteroatoms. The Labute approximate surface area is 270 Å². The van der Waals surface area contributed by atoms with Crippen LogP contribution in [0.4, 0.5) is 10.2 Å². The molecule has 2 saturated heterocycles. The molecule has 4 amide bonds. The number of hydrogen-bond donors (Lipinski definition) is 2. The molecule has 2 aromatic heterocycles. The number of nitrogens with zero attached hydrogens (tertiary/aromatic N) is 5. The number of aromatic nitrogens is 3. The fourth-order valence-electron chi connectivity index (χ4n) is 7.24. The zero-order chi connectivity index (χ0) is 32.3. The van der Waals surface area contributed by atoms with Gasteiger partial charge in [0, 0.05) is 55.0 Å². The number of halogens is 2. The minimum absolute atomic E-state index is 0.00980. The molecule has 0 bridgehead atoms. The molecule has 0 spiro atoms. The first-order chi connectivity index (χ1) is 22.0. The molecule has 2 fully saturated rings. The third-order valence-electron chi connectivity index (χ3n) is 9.57. The highest BCUT2D eigenvalue weighted by Gasteiger charge is 2.41. The van der Waals surface area contributed by atoms with Crippen LogP contribution in [0.2, 0.25) is 5.02 Å². The first-order valence-electron chi connectivity index (χ1n) is 15.7. The topological polar surface area (TPSA) is 130 Å². The van der Waals surface area contributed by atoms with E-state index in [0.29, 0.717) is 48.9 Å². The summed E-state index contributed by atoms with van der Waals surface area (Å²) in [5.41, 5.74) is 4.26. The van der Waals surface area contributed by atoms with Gasteiger partial charge in [-0.3, -0.25) is 34.1 Å². The smallest absolute Gasteiger partial charge is 0.258 e. The summed E-state index contributed by atoms with van der Waals surface area (Å²) >= 11 is 6.54. The number of rotatable bonds is 6. The van der Waals surface area contributed by atoms with E-state index in [9.17, 15) is 19.2 Å². The Kier molecular flexibility index (Phi) is 7.67. The maximum atomic E-state index is 15.2. The van der Waals surface area contributed by atoms with Gasteiger partial charge in [0.15, 0.2) is 0 Å². The molecule has 2 N–H and O–H groups in total. The van der Waals surface area contributed by atoms with Crippen molar-refractivity contribution >= 4 is 41.0 Å².